The van der Waals surface area contributed by atoms with Crippen molar-refractivity contribution in [2.75, 3.05) is 12.4 Å². The van der Waals surface area contributed by atoms with Crippen LogP contribution in [0.2, 0.25) is 0 Å². The topological polar surface area (TPSA) is 137 Å². The molecule has 0 spiro atoms. The van der Waals surface area contributed by atoms with Crippen molar-refractivity contribution >= 4 is 23.2 Å². The first-order chi connectivity index (χ1) is 12.4. The highest BCUT2D eigenvalue weighted by atomic mass is 16.6. The number of amides is 2. The summed E-state index contributed by atoms with van der Waals surface area (Å²) in [5.41, 5.74) is 7.06. The van der Waals surface area contributed by atoms with Crippen LogP contribution in [0.25, 0.3) is 0 Å². The second-order valence-corrected chi connectivity index (χ2v) is 5.30. The molecule has 0 aromatic heterocycles. The summed E-state index contributed by atoms with van der Waals surface area (Å²) in [5, 5.41) is 15.6. The Morgan fingerprint density at radius 3 is 2.54 bits per heavy atom. The van der Waals surface area contributed by atoms with Crippen LogP contribution in [0.1, 0.15) is 11.1 Å². The molecule has 0 aliphatic rings. The maximum atomic E-state index is 12.0. The fourth-order valence-corrected chi connectivity index (χ4v) is 2.22. The van der Waals surface area contributed by atoms with Gasteiger partial charge in [-0.1, -0.05) is 24.3 Å². The van der Waals surface area contributed by atoms with Crippen LogP contribution >= 0.6 is 0 Å². The Labute approximate surface area is 149 Å². The lowest BCUT2D eigenvalue weighted by molar-refractivity contribution is -0.384. The number of ether oxygens (including phenoxy) is 1. The third-order valence-electron chi connectivity index (χ3n) is 3.53. The molecule has 0 saturated carbocycles. The summed E-state index contributed by atoms with van der Waals surface area (Å²) in [6.07, 6.45) is 0. The van der Waals surface area contributed by atoms with Gasteiger partial charge in [-0.25, -0.2) is 0 Å². The van der Waals surface area contributed by atoms with Crippen molar-refractivity contribution < 1.29 is 19.2 Å². The number of benzene rings is 2. The number of carbonyl (C=O) groups excluding carboxylic acids is 2. The lowest BCUT2D eigenvalue weighted by atomic mass is 10.1. The van der Waals surface area contributed by atoms with Crippen LogP contribution in [0.5, 0.6) is 5.75 Å². The van der Waals surface area contributed by atoms with Gasteiger partial charge in [0.2, 0.25) is 0 Å². The minimum Gasteiger partial charge on any atom is -0.495 e. The number of anilines is 1. The van der Waals surface area contributed by atoms with Gasteiger partial charge in [-0.05, 0) is 17.2 Å². The highest BCUT2D eigenvalue weighted by Crippen LogP contribution is 2.28. The molecule has 0 saturated heterocycles. The number of rotatable bonds is 6. The molecule has 0 radical (unpaired) electrons. The predicted octanol–water partition coefficient (Wildman–Crippen LogP) is 1.32. The number of non-ortho nitro benzene ring substituents is 1. The van der Waals surface area contributed by atoms with Gasteiger partial charge < -0.3 is 21.1 Å². The lowest BCUT2D eigenvalue weighted by Gasteiger charge is -2.10. The zero-order valence-corrected chi connectivity index (χ0v) is 14.0. The molecule has 2 aromatic carbocycles. The highest BCUT2D eigenvalue weighted by molar-refractivity contribution is 6.39. The van der Waals surface area contributed by atoms with Gasteiger partial charge in [-0.3, -0.25) is 19.7 Å². The fourth-order valence-electron chi connectivity index (χ4n) is 2.22. The van der Waals surface area contributed by atoms with E-state index < -0.39 is 16.7 Å². The van der Waals surface area contributed by atoms with Crippen molar-refractivity contribution in [1.82, 2.24) is 5.32 Å². The van der Waals surface area contributed by atoms with E-state index in [0.29, 0.717) is 6.54 Å². The van der Waals surface area contributed by atoms with Gasteiger partial charge in [0.25, 0.3) is 5.69 Å². The molecule has 2 aromatic rings. The molecule has 0 atom stereocenters. The van der Waals surface area contributed by atoms with Crippen molar-refractivity contribution in [3.8, 4) is 5.75 Å². The largest absolute Gasteiger partial charge is 0.495 e. The fraction of sp³-hybridized carbons (Fsp3) is 0.176. The van der Waals surface area contributed by atoms with E-state index in [4.69, 9.17) is 10.5 Å². The second-order valence-electron chi connectivity index (χ2n) is 5.30. The SMILES string of the molecule is COc1ccc([N+](=O)[O-])cc1NC(=O)C(=O)NCc1cccc(CN)c1. The summed E-state index contributed by atoms with van der Waals surface area (Å²) >= 11 is 0. The van der Waals surface area contributed by atoms with Gasteiger partial charge in [-0.15, -0.1) is 0 Å². The summed E-state index contributed by atoms with van der Waals surface area (Å²) < 4.78 is 5.03. The summed E-state index contributed by atoms with van der Waals surface area (Å²) in [6, 6.07) is 11.0. The third-order valence-corrected chi connectivity index (χ3v) is 3.53. The standard InChI is InChI=1S/C17H18N4O5/c1-26-15-6-5-13(21(24)25)8-14(15)20-17(23)16(22)19-10-12-4-2-3-11(7-12)9-18/h2-8H,9-10,18H2,1H3,(H,19,22)(H,20,23). The van der Waals surface area contributed by atoms with E-state index in [9.17, 15) is 19.7 Å². The van der Waals surface area contributed by atoms with Crippen LogP contribution in [0, 0.1) is 10.1 Å². The van der Waals surface area contributed by atoms with Crippen LogP contribution in [0.3, 0.4) is 0 Å². The molecular formula is C17H18N4O5. The summed E-state index contributed by atoms with van der Waals surface area (Å²) in [5.74, 6) is -1.64. The van der Waals surface area contributed by atoms with Gasteiger partial charge >= 0.3 is 11.8 Å². The van der Waals surface area contributed by atoms with E-state index in [1.54, 1.807) is 12.1 Å². The quantitative estimate of drug-likeness (QED) is 0.405. The minimum atomic E-state index is -0.959. The molecule has 0 fully saturated rings. The van der Waals surface area contributed by atoms with Crippen LogP contribution < -0.4 is 21.1 Å². The van der Waals surface area contributed by atoms with E-state index in [1.807, 2.05) is 12.1 Å². The lowest BCUT2D eigenvalue weighted by Crippen LogP contribution is -2.35. The summed E-state index contributed by atoms with van der Waals surface area (Å²) in [6.45, 7) is 0.515. The van der Waals surface area contributed by atoms with Crippen molar-refractivity contribution in [3.05, 3.63) is 63.7 Å². The Kier molecular flexibility index (Phi) is 6.23. The Morgan fingerprint density at radius 2 is 1.88 bits per heavy atom. The number of nitrogens with zero attached hydrogens (tertiary/aromatic N) is 1. The van der Waals surface area contributed by atoms with Crippen LogP contribution in [-0.2, 0) is 22.7 Å². The molecule has 9 nitrogen and oxygen atoms in total. The number of nitrogens with one attached hydrogen (secondary N) is 2. The first-order valence-electron chi connectivity index (χ1n) is 7.64. The molecule has 2 amide bonds. The van der Waals surface area contributed by atoms with Gasteiger partial charge in [0.05, 0.1) is 17.7 Å². The molecule has 0 bridgehead atoms. The Bertz CT molecular complexity index is 838. The summed E-state index contributed by atoms with van der Waals surface area (Å²) in [7, 11) is 1.35. The van der Waals surface area contributed by atoms with Crippen molar-refractivity contribution in [3.63, 3.8) is 0 Å². The number of nitrogens with two attached hydrogens (primary N) is 1. The van der Waals surface area contributed by atoms with Crippen LogP contribution in [-0.4, -0.2) is 23.8 Å². The molecule has 4 N–H and O–H groups in total. The Hall–Kier alpha value is -3.46. The molecule has 0 aliphatic heterocycles. The van der Waals surface area contributed by atoms with Crippen LogP contribution in [0.4, 0.5) is 11.4 Å². The molecule has 0 aliphatic carbocycles. The number of hydrogen-bond acceptors (Lipinski definition) is 6. The zero-order chi connectivity index (χ0) is 19.1. The Balaban J connectivity index is 2.03. The number of hydrogen-bond donors (Lipinski definition) is 3. The van der Waals surface area contributed by atoms with E-state index >= 15 is 0 Å². The molecular weight excluding hydrogens is 340 g/mol. The van der Waals surface area contributed by atoms with Crippen molar-refractivity contribution in [2.45, 2.75) is 13.1 Å². The molecule has 2 rings (SSSR count). The molecule has 9 heteroatoms. The smallest absolute Gasteiger partial charge is 0.313 e. The number of nitro groups is 1. The first-order valence-corrected chi connectivity index (χ1v) is 7.64. The Morgan fingerprint density at radius 1 is 1.15 bits per heavy atom. The zero-order valence-electron chi connectivity index (χ0n) is 14.0. The maximum Gasteiger partial charge on any atom is 0.313 e. The first kappa shape index (κ1) is 18.9. The van der Waals surface area contributed by atoms with Crippen LogP contribution in [0.15, 0.2) is 42.5 Å². The number of nitro benzene ring substituents is 1. The van der Waals surface area contributed by atoms with E-state index in [1.165, 1.54) is 19.2 Å². The average Bonchev–Trinajstić information content (AvgIpc) is 2.65. The highest BCUT2D eigenvalue weighted by Gasteiger charge is 2.18. The predicted molar refractivity (Wildman–Crippen MR) is 94.5 cm³/mol. The number of methoxy groups -OCH3 is 1. The minimum absolute atomic E-state index is 0.0342. The molecule has 136 valence electrons. The van der Waals surface area contributed by atoms with Crippen molar-refractivity contribution in [2.24, 2.45) is 5.73 Å². The third kappa shape index (κ3) is 4.77. The molecule has 0 unspecified atom stereocenters. The van der Waals surface area contributed by atoms with E-state index in [2.05, 4.69) is 10.6 Å². The molecule has 0 heterocycles. The van der Waals surface area contributed by atoms with Gasteiger partial charge in [0, 0.05) is 25.2 Å². The number of carbonyl (C=O) groups is 2. The maximum absolute atomic E-state index is 12.0. The molecule has 26 heavy (non-hydrogen) atoms. The monoisotopic (exact) mass is 358 g/mol. The van der Waals surface area contributed by atoms with E-state index in [-0.39, 0.29) is 23.7 Å². The summed E-state index contributed by atoms with van der Waals surface area (Å²) in [4.78, 5) is 34.2. The normalized spacial score (nSPS) is 10.1. The van der Waals surface area contributed by atoms with Crippen molar-refractivity contribution in [1.29, 1.82) is 0 Å². The average molecular weight is 358 g/mol. The second kappa shape index (κ2) is 8.58. The van der Waals surface area contributed by atoms with E-state index in [0.717, 1.165) is 17.2 Å². The van der Waals surface area contributed by atoms with Gasteiger partial charge in [0.15, 0.2) is 0 Å². The van der Waals surface area contributed by atoms with Gasteiger partial charge in [0.1, 0.15) is 5.75 Å². The van der Waals surface area contributed by atoms with Gasteiger partial charge in [-0.2, -0.15) is 0 Å².